The summed E-state index contributed by atoms with van der Waals surface area (Å²) in [5.74, 6) is -2.98. The van der Waals surface area contributed by atoms with Gasteiger partial charge in [0.15, 0.2) is 9.43 Å². The van der Waals surface area contributed by atoms with Crippen LogP contribution in [0.5, 0.6) is 11.5 Å². The molecule has 0 saturated carbocycles. The minimum Gasteiger partial charge on any atom is -0.744 e. The van der Waals surface area contributed by atoms with Crippen molar-refractivity contribution in [2.75, 3.05) is 15.5 Å². The van der Waals surface area contributed by atoms with E-state index >= 15 is 0 Å². The summed E-state index contributed by atoms with van der Waals surface area (Å²) in [6, 6.07) is 38.2. The van der Waals surface area contributed by atoms with Gasteiger partial charge >= 0.3 is 5.97 Å². The van der Waals surface area contributed by atoms with Gasteiger partial charge in [0.2, 0.25) is 0 Å². The van der Waals surface area contributed by atoms with Gasteiger partial charge in [-0.2, -0.15) is 5.10 Å². The number of carbonyl (C=O) groups excluding carboxylic acids is 4. The number of hydrazine groups is 1. The second kappa shape index (κ2) is 29.1. The van der Waals surface area contributed by atoms with Crippen molar-refractivity contribution in [1.29, 1.82) is 0 Å². The van der Waals surface area contributed by atoms with E-state index in [1.54, 1.807) is 53.4 Å². The maximum absolute atomic E-state index is 13.5. The van der Waals surface area contributed by atoms with Gasteiger partial charge < -0.3 is 29.6 Å². The number of aryl methyl sites for hydroxylation is 1. The zero-order chi connectivity index (χ0) is 60.2. The number of aromatic hydroxyl groups is 1. The zero-order valence-corrected chi connectivity index (χ0v) is 50.5. The Bertz CT molecular complexity index is 4050. The molecule has 434 valence electrons. The van der Waals surface area contributed by atoms with Crippen molar-refractivity contribution < 1.29 is 55.0 Å². The smallest absolute Gasteiger partial charge is 0.308 e. The number of phenols is 1. The van der Waals surface area contributed by atoms with Crippen molar-refractivity contribution in [2.45, 2.75) is 37.5 Å². The first-order valence-electron chi connectivity index (χ1n) is 24.1. The first-order chi connectivity index (χ1) is 39.4. The van der Waals surface area contributed by atoms with Crippen molar-refractivity contribution >= 4 is 174 Å². The summed E-state index contributed by atoms with van der Waals surface area (Å²) >= 11 is 18.4. The second-order valence-electron chi connectivity index (χ2n) is 17.7. The summed E-state index contributed by atoms with van der Waals surface area (Å²) in [6.45, 7) is 6.80. The Morgan fingerprint density at radius 2 is 1.40 bits per heavy atom. The first-order valence-corrected chi connectivity index (χ1v) is 30.1. The van der Waals surface area contributed by atoms with E-state index in [4.69, 9.17) is 29.2 Å². The molecule has 0 spiro atoms. The van der Waals surface area contributed by atoms with E-state index in [1.807, 2.05) is 67.6 Å². The number of amides is 3. The van der Waals surface area contributed by atoms with Crippen LogP contribution in [0.25, 0.3) is 29.0 Å². The lowest BCUT2D eigenvalue weighted by Gasteiger charge is -2.18. The molecule has 19 nitrogen and oxygen atoms in total. The highest BCUT2D eigenvalue weighted by atomic mass is 79.9. The molecule has 1 unspecified atom stereocenters. The van der Waals surface area contributed by atoms with Gasteiger partial charge in [-0.25, -0.2) is 22.3 Å². The van der Waals surface area contributed by atoms with Crippen molar-refractivity contribution in [2.24, 2.45) is 11.0 Å². The number of hydrogen-bond donors (Lipinski definition) is 6. The highest BCUT2D eigenvalue weighted by Gasteiger charge is 2.33. The number of hydrazone groups is 1. The van der Waals surface area contributed by atoms with Crippen LogP contribution in [0.2, 0.25) is 0 Å². The Labute approximate surface area is 516 Å². The molecule has 1 fully saturated rings. The summed E-state index contributed by atoms with van der Waals surface area (Å²) in [7, 11) is -10.1. The number of phenolic OH excluding ortho intramolecular Hbond substituents is 1. The molecule has 0 radical (unpaired) electrons. The molecule has 1 aliphatic rings. The van der Waals surface area contributed by atoms with Crippen LogP contribution >= 0.6 is 68.1 Å². The van der Waals surface area contributed by atoms with Crippen LogP contribution in [0.15, 0.2) is 181 Å². The molecule has 1 saturated heterocycles. The topological polar surface area (TPSA) is 288 Å². The Kier molecular flexibility index (Phi) is 22.6. The van der Waals surface area contributed by atoms with E-state index in [0.717, 1.165) is 45.8 Å². The summed E-state index contributed by atoms with van der Waals surface area (Å²) in [6.07, 6.45) is 6.66. The highest BCUT2D eigenvalue weighted by Crippen LogP contribution is 2.37. The molecule has 1 atom stereocenters. The van der Waals surface area contributed by atoms with Crippen LogP contribution in [0.3, 0.4) is 0 Å². The van der Waals surface area contributed by atoms with Gasteiger partial charge in [0.25, 0.3) is 17.7 Å². The van der Waals surface area contributed by atoms with Gasteiger partial charge in [0.05, 0.1) is 35.5 Å². The molecule has 1 aliphatic heterocycles. The predicted molar refractivity (Wildman–Crippen MR) is 341 cm³/mol. The normalized spacial score (nSPS) is 13.2. The third kappa shape index (κ3) is 17.8. The van der Waals surface area contributed by atoms with Gasteiger partial charge in [-0.3, -0.25) is 34.9 Å². The highest BCUT2D eigenvalue weighted by molar-refractivity contribution is 9.11. The third-order valence-corrected chi connectivity index (χ3v) is 16.1. The Morgan fingerprint density at radius 3 is 2.01 bits per heavy atom. The lowest BCUT2D eigenvalue weighted by atomic mass is 9.96. The fourth-order valence-electron chi connectivity index (χ4n) is 7.83. The number of esters is 1. The monoisotopic (exact) mass is 1350 g/mol. The molecular formula is C58H49Br2N7O12S5-2. The molecule has 26 heteroatoms. The minimum absolute atomic E-state index is 0. The quantitative estimate of drug-likeness (QED) is 0.00603. The van der Waals surface area contributed by atoms with Crippen molar-refractivity contribution in [3.8, 4) is 11.5 Å². The second-order valence-corrected chi connectivity index (χ2v) is 24.2. The van der Waals surface area contributed by atoms with Gasteiger partial charge in [0, 0.05) is 18.3 Å². The largest absolute Gasteiger partial charge is 0.744 e. The van der Waals surface area contributed by atoms with Crippen molar-refractivity contribution in [3.05, 3.63) is 200 Å². The van der Waals surface area contributed by atoms with Gasteiger partial charge in [-0.15, -0.1) is 0 Å². The molecule has 0 bridgehead atoms. The fourth-order valence-corrected chi connectivity index (χ4v) is 11.9. The fraction of sp³-hybridized carbons (Fsp3) is 0.0862. The number of thioether (sulfide) groups is 1. The summed E-state index contributed by atoms with van der Waals surface area (Å²) in [5, 5.41) is 20.9. The van der Waals surface area contributed by atoms with Gasteiger partial charge in [-0.1, -0.05) is 129 Å². The first kappa shape index (κ1) is 65.2. The number of rotatable bonds is 16. The number of carbonyl (C=O) groups is 4. The summed E-state index contributed by atoms with van der Waals surface area (Å²) in [5.41, 5.74) is 11.1. The lowest BCUT2D eigenvalue weighted by molar-refractivity contribution is -0.136. The van der Waals surface area contributed by atoms with Crippen molar-refractivity contribution in [3.63, 3.8) is 0 Å². The SMILES string of the molecule is C.C=CNc1ccc(/C=C/c2ccc(NC(=S)NNC(=O)C(Cc3ccc4ccccc4c3)C(=O)N/N=C/c3cc(Br)c(O)c(Br)c3)cc2S(=O)(=O)[O-])c(S(=O)(=O)[O-])c1.CC(=O)Oc1ccc(/C=C2\SC(=S)N(c3cccc(C)c3)C2=O)cc1. The van der Waals surface area contributed by atoms with Crippen LogP contribution in [-0.4, -0.2) is 70.4 Å². The lowest BCUT2D eigenvalue weighted by Crippen LogP contribution is -2.49. The number of thiocarbonyl (C=S) groups is 2. The third-order valence-electron chi connectivity index (χ3n) is 11.6. The van der Waals surface area contributed by atoms with E-state index in [0.29, 0.717) is 35.0 Å². The molecule has 7 aromatic rings. The van der Waals surface area contributed by atoms with Crippen LogP contribution in [0, 0.1) is 12.8 Å². The van der Waals surface area contributed by atoms with Crippen LogP contribution in [0.4, 0.5) is 17.1 Å². The van der Waals surface area contributed by atoms with E-state index < -0.39 is 47.8 Å². The molecular weight excluding hydrogens is 1310 g/mol. The maximum atomic E-state index is 13.5. The molecule has 0 aromatic heterocycles. The summed E-state index contributed by atoms with van der Waals surface area (Å²) in [4.78, 5) is 51.4. The number of halogens is 2. The Morgan fingerprint density at radius 1 is 0.786 bits per heavy atom. The Balaban J connectivity index is 0.000000361. The average molecular weight is 1360 g/mol. The molecule has 0 aliphatic carbocycles. The van der Waals surface area contributed by atoms with Crippen molar-refractivity contribution in [1.82, 2.24) is 16.3 Å². The van der Waals surface area contributed by atoms with Crippen LogP contribution < -0.4 is 36.5 Å². The van der Waals surface area contributed by atoms with E-state index in [-0.39, 0.29) is 59.1 Å². The number of ether oxygens (including phenoxy) is 1. The molecule has 6 N–H and O–H groups in total. The van der Waals surface area contributed by atoms with Crippen LogP contribution in [-0.2, 0) is 45.8 Å². The standard InChI is InChI=1S/C38H32Br2N6O9S3.C19H15NO3S2.CH4/c1-2-41-28-13-11-25(33(19-28)57(50,51)52)9-10-26-12-14-29(20-34(26)58(53,54)55)43-38(56)46-45-37(49)30(16-22-7-8-24-5-3-4-6-27(24)15-22)36(48)44-42-21-23-17-31(39)35(47)32(40)18-23;1-12-4-3-5-15(10-12)20-18(22)17(25-19(20)24)11-14-6-8-16(9-7-14)23-13(2)21;/h2-15,17-21,30,41,47H,1,16H2,(H,44,48)(H,45,49)(H2,43,46,56)(H,50,51,52)(H,53,54,55);3-11H,1-2H3;1H4/p-2/b10-9+,42-21+;17-11-;. The van der Waals surface area contributed by atoms with E-state index in [2.05, 4.69) is 70.5 Å². The number of nitrogens with zero attached hydrogens (tertiary/aromatic N) is 2. The molecule has 1 heterocycles. The number of fused-ring (bicyclic) bond motifs is 1. The number of anilines is 3. The predicted octanol–water partition coefficient (Wildman–Crippen LogP) is 10.9. The molecule has 84 heavy (non-hydrogen) atoms. The molecule has 8 rings (SSSR count). The van der Waals surface area contributed by atoms with Gasteiger partial charge in [-0.05, 0) is 175 Å². The van der Waals surface area contributed by atoms with Gasteiger partial charge in [0.1, 0.15) is 37.7 Å². The average Bonchev–Trinajstić information content (AvgIpc) is 3.79. The number of hydrogen-bond acceptors (Lipinski definition) is 17. The molecule has 3 amide bonds. The van der Waals surface area contributed by atoms with E-state index in [9.17, 15) is 50.2 Å². The number of benzene rings is 7. The number of nitrogens with one attached hydrogen (secondary N) is 5. The molecule has 7 aromatic carbocycles. The Hall–Kier alpha value is -7.92. The zero-order valence-electron chi connectivity index (χ0n) is 43.3. The summed E-state index contributed by atoms with van der Waals surface area (Å²) < 4.78 is 78.9. The van der Waals surface area contributed by atoms with Crippen LogP contribution in [0.1, 0.15) is 47.7 Å². The minimum atomic E-state index is -5.12. The maximum Gasteiger partial charge on any atom is 0.308 e. The van der Waals surface area contributed by atoms with E-state index in [1.165, 1.54) is 61.4 Å².